The third-order valence-electron chi connectivity index (χ3n) is 2.25. The van der Waals surface area contributed by atoms with Gasteiger partial charge in [0, 0.05) is 12.7 Å². The van der Waals surface area contributed by atoms with Gasteiger partial charge in [0.15, 0.2) is 5.69 Å². The van der Waals surface area contributed by atoms with Crippen LogP contribution in [0.25, 0.3) is 5.69 Å². The van der Waals surface area contributed by atoms with Crippen molar-refractivity contribution in [2.45, 2.75) is 6.61 Å². The molecule has 0 saturated carbocycles. The topological polar surface area (TPSA) is 77.2 Å². The van der Waals surface area contributed by atoms with Gasteiger partial charge >= 0.3 is 5.97 Å². The van der Waals surface area contributed by atoms with Crippen molar-refractivity contribution in [1.82, 2.24) is 15.0 Å². The summed E-state index contributed by atoms with van der Waals surface area (Å²) < 4.78 is 6.49. The van der Waals surface area contributed by atoms with Crippen LogP contribution in [0.1, 0.15) is 16.1 Å². The van der Waals surface area contributed by atoms with Gasteiger partial charge in [-0.3, -0.25) is 0 Å². The van der Waals surface area contributed by atoms with Crippen molar-refractivity contribution in [3.63, 3.8) is 0 Å². The second-order valence-electron chi connectivity index (χ2n) is 3.42. The summed E-state index contributed by atoms with van der Waals surface area (Å²) in [6.45, 7) is 0.429. The van der Waals surface area contributed by atoms with Gasteiger partial charge in [0.25, 0.3) is 0 Å². The highest BCUT2D eigenvalue weighted by Crippen LogP contribution is 2.14. The molecule has 0 saturated heterocycles. The molecule has 2 rings (SSSR count). The predicted molar refractivity (Wildman–Crippen MR) is 59.0 cm³/mol. The predicted octanol–water partition coefficient (Wildman–Crippen LogP) is 1.11. The summed E-state index contributed by atoms with van der Waals surface area (Å²) in [7, 11) is 1.60. The SMILES string of the molecule is COCc1ccccc1-n1cc(C(=O)O)nn1. The van der Waals surface area contributed by atoms with Crippen LogP contribution in [-0.4, -0.2) is 33.2 Å². The summed E-state index contributed by atoms with van der Waals surface area (Å²) >= 11 is 0. The molecule has 0 bridgehead atoms. The highest BCUT2D eigenvalue weighted by Gasteiger charge is 2.11. The van der Waals surface area contributed by atoms with E-state index in [1.807, 2.05) is 24.3 Å². The van der Waals surface area contributed by atoms with Gasteiger partial charge in [-0.25, -0.2) is 9.48 Å². The van der Waals surface area contributed by atoms with Crippen molar-refractivity contribution >= 4 is 5.97 Å². The van der Waals surface area contributed by atoms with Crippen LogP contribution in [0, 0.1) is 0 Å². The molecule has 1 heterocycles. The van der Waals surface area contributed by atoms with Crippen molar-refractivity contribution in [3.05, 3.63) is 41.7 Å². The van der Waals surface area contributed by atoms with Crippen LogP contribution in [0.15, 0.2) is 30.5 Å². The van der Waals surface area contributed by atoms with Crippen LogP contribution < -0.4 is 0 Å². The normalized spacial score (nSPS) is 10.4. The van der Waals surface area contributed by atoms with E-state index in [1.165, 1.54) is 10.9 Å². The molecule has 0 amide bonds. The monoisotopic (exact) mass is 233 g/mol. The first kappa shape index (κ1) is 11.3. The average Bonchev–Trinajstić information content (AvgIpc) is 2.79. The fraction of sp³-hybridized carbons (Fsp3) is 0.182. The van der Waals surface area contributed by atoms with Gasteiger partial charge in [-0.2, -0.15) is 0 Å². The number of benzene rings is 1. The molecule has 0 fully saturated rings. The van der Waals surface area contributed by atoms with E-state index in [4.69, 9.17) is 9.84 Å². The minimum absolute atomic E-state index is 0.0859. The third-order valence-corrected chi connectivity index (χ3v) is 2.25. The minimum Gasteiger partial charge on any atom is -0.476 e. The van der Waals surface area contributed by atoms with E-state index >= 15 is 0 Å². The second-order valence-corrected chi connectivity index (χ2v) is 3.42. The lowest BCUT2D eigenvalue weighted by Crippen LogP contribution is -2.01. The first-order chi connectivity index (χ1) is 8.22. The van der Waals surface area contributed by atoms with Gasteiger partial charge in [0.1, 0.15) is 0 Å². The zero-order valence-corrected chi connectivity index (χ0v) is 9.20. The van der Waals surface area contributed by atoms with Crippen LogP contribution in [0.2, 0.25) is 0 Å². The smallest absolute Gasteiger partial charge is 0.358 e. The highest BCUT2D eigenvalue weighted by atomic mass is 16.5. The Morgan fingerprint density at radius 3 is 2.88 bits per heavy atom. The third kappa shape index (κ3) is 2.31. The number of hydrogen-bond acceptors (Lipinski definition) is 4. The Bertz CT molecular complexity index is 536. The number of carboxylic acid groups (broad SMARTS) is 1. The van der Waals surface area contributed by atoms with Crippen LogP contribution >= 0.6 is 0 Å². The molecule has 6 heteroatoms. The number of methoxy groups -OCH3 is 1. The number of aromatic carboxylic acids is 1. The van der Waals surface area contributed by atoms with Gasteiger partial charge in [0.2, 0.25) is 0 Å². The van der Waals surface area contributed by atoms with Crippen molar-refractivity contribution in [2.24, 2.45) is 0 Å². The number of ether oxygens (including phenoxy) is 1. The molecule has 0 unspecified atom stereocenters. The zero-order chi connectivity index (χ0) is 12.3. The van der Waals surface area contributed by atoms with Crippen molar-refractivity contribution < 1.29 is 14.6 Å². The van der Waals surface area contributed by atoms with Gasteiger partial charge in [-0.1, -0.05) is 23.4 Å². The average molecular weight is 233 g/mol. The molecule has 2 aromatic rings. The van der Waals surface area contributed by atoms with Crippen LogP contribution in [-0.2, 0) is 11.3 Å². The summed E-state index contributed by atoms with van der Waals surface area (Å²) in [5, 5.41) is 16.1. The Morgan fingerprint density at radius 2 is 2.24 bits per heavy atom. The summed E-state index contributed by atoms with van der Waals surface area (Å²) in [4.78, 5) is 10.7. The van der Waals surface area contributed by atoms with Gasteiger partial charge in [-0.15, -0.1) is 5.10 Å². The number of carboxylic acids is 1. The van der Waals surface area contributed by atoms with Crippen LogP contribution in [0.5, 0.6) is 0 Å². The summed E-state index contributed by atoms with van der Waals surface area (Å²) in [5.74, 6) is -1.10. The molecule has 0 aliphatic carbocycles. The molecule has 0 aliphatic rings. The molecule has 88 valence electrons. The van der Waals surface area contributed by atoms with Gasteiger partial charge in [0.05, 0.1) is 18.5 Å². The van der Waals surface area contributed by atoms with E-state index in [0.717, 1.165) is 11.3 Å². The van der Waals surface area contributed by atoms with E-state index in [2.05, 4.69) is 10.3 Å². The molecular weight excluding hydrogens is 222 g/mol. The van der Waals surface area contributed by atoms with E-state index in [9.17, 15) is 4.79 Å². The summed E-state index contributed by atoms with van der Waals surface area (Å²) in [6, 6.07) is 7.44. The maximum Gasteiger partial charge on any atom is 0.358 e. The Labute approximate surface area is 97.4 Å². The maximum atomic E-state index is 10.7. The molecule has 17 heavy (non-hydrogen) atoms. The largest absolute Gasteiger partial charge is 0.476 e. The van der Waals surface area contributed by atoms with Crippen molar-refractivity contribution in [1.29, 1.82) is 0 Å². The molecule has 0 radical (unpaired) electrons. The number of rotatable bonds is 4. The highest BCUT2D eigenvalue weighted by molar-refractivity contribution is 5.84. The number of para-hydroxylation sites is 1. The Balaban J connectivity index is 2.41. The lowest BCUT2D eigenvalue weighted by Gasteiger charge is -2.07. The first-order valence-electron chi connectivity index (χ1n) is 4.95. The molecule has 0 atom stereocenters. The summed E-state index contributed by atoms with van der Waals surface area (Å²) in [5.41, 5.74) is 1.59. The quantitative estimate of drug-likeness (QED) is 0.855. The number of hydrogen-bond donors (Lipinski definition) is 1. The van der Waals surface area contributed by atoms with Gasteiger partial charge < -0.3 is 9.84 Å². The van der Waals surface area contributed by atoms with E-state index in [-0.39, 0.29) is 5.69 Å². The molecule has 1 aromatic carbocycles. The Kier molecular flexibility index (Phi) is 3.15. The fourth-order valence-corrected chi connectivity index (χ4v) is 1.49. The first-order valence-corrected chi connectivity index (χ1v) is 4.95. The standard InChI is InChI=1S/C11H11N3O3/c1-17-7-8-4-2-3-5-10(8)14-6-9(11(15)16)12-13-14/h2-6H,7H2,1H3,(H,15,16). The van der Waals surface area contributed by atoms with E-state index < -0.39 is 5.97 Å². The molecular formula is C11H11N3O3. The Morgan fingerprint density at radius 1 is 1.47 bits per heavy atom. The molecule has 0 spiro atoms. The number of aromatic nitrogens is 3. The summed E-state index contributed by atoms with van der Waals surface area (Å²) in [6.07, 6.45) is 1.37. The van der Waals surface area contributed by atoms with Crippen LogP contribution in [0.4, 0.5) is 0 Å². The van der Waals surface area contributed by atoms with E-state index in [0.29, 0.717) is 6.61 Å². The van der Waals surface area contributed by atoms with Gasteiger partial charge in [-0.05, 0) is 6.07 Å². The Hall–Kier alpha value is -2.21. The lowest BCUT2D eigenvalue weighted by molar-refractivity contribution is 0.0690. The second kappa shape index (κ2) is 4.75. The molecule has 1 aromatic heterocycles. The fourth-order valence-electron chi connectivity index (χ4n) is 1.49. The van der Waals surface area contributed by atoms with E-state index in [1.54, 1.807) is 7.11 Å². The zero-order valence-electron chi connectivity index (χ0n) is 9.20. The lowest BCUT2D eigenvalue weighted by atomic mass is 10.2. The minimum atomic E-state index is -1.10. The van der Waals surface area contributed by atoms with Crippen molar-refractivity contribution in [2.75, 3.05) is 7.11 Å². The van der Waals surface area contributed by atoms with Crippen molar-refractivity contribution in [3.8, 4) is 5.69 Å². The number of carbonyl (C=O) groups is 1. The molecule has 6 nitrogen and oxygen atoms in total. The van der Waals surface area contributed by atoms with Crippen LogP contribution in [0.3, 0.4) is 0 Å². The molecule has 0 aliphatic heterocycles. The maximum absolute atomic E-state index is 10.7. The molecule has 1 N–H and O–H groups in total. The number of nitrogens with zero attached hydrogens (tertiary/aromatic N) is 3.